The summed E-state index contributed by atoms with van der Waals surface area (Å²) >= 11 is 0. The molecule has 0 bridgehead atoms. The average Bonchev–Trinajstić information content (AvgIpc) is 2.92. The van der Waals surface area contributed by atoms with Gasteiger partial charge in [0.15, 0.2) is 0 Å². The van der Waals surface area contributed by atoms with Gasteiger partial charge in [-0.15, -0.1) is 0 Å². The number of carbonyl (C=O) groups excluding carboxylic acids is 1. The number of carbonyl (C=O) groups is 2. The molecule has 128 valence electrons. The highest BCUT2D eigenvalue weighted by atomic mass is 16.5. The molecule has 0 atom stereocenters. The molecule has 1 heterocycles. The van der Waals surface area contributed by atoms with Gasteiger partial charge in [0.05, 0.1) is 0 Å². The molecule has 6 nitrogen and oxygen atoms in total. The number of ether oxygens (including phenoxy) is 1. The first-order valence-corrected chi connectivity index (χ1v) is 7.76. The maximum Gasteiger partial charge on any atom is 0.394 e. The highest BCUT2D eigenvalue weighted by molar-refractivity contribution is 6.36. The lowest BCUT2D eigenvalue weighted by Gasteiger charge is -2.14. The van der Waals surface area contributed by atoms with Crippen LogP contribution in [0, 0.1) is 20.8 Å². The van der Waals surface area contributed by atoms with Crippen molar-refractivity contribution in [2.75, 3.05) is 5.32 Å². The molecule has 0 aliphatic carbocycles. The average molecular weight is 338 g/mol. The Labute approximate surface area is 144 Å². The number of aryl methyl sites for hydroxylation is 3. The molecule has 1 aromatic heterocycles. The molecular formula is C19H18N2O4. The number of anilines is 1. The lowest BCUT2D eigenvalue weighted by Crippen LogP contribution is -2.21. The van der Waals surface area contributed by atoms with Crippen LogP contribution in [0.25, 0.3) is 10.9 Å². The second-order valence-electron chi connectivity index (χ2n) is 5.98. The van der Waals surface area contributed by atoms with Gasteiger partial charge in [0, 0.05) is 22.8 Å². The molecule has 3 aromatic rings. The predicted molar refractivity (Wildman–Crippen MR) is 95.3 cm³/mol. The molecule has 25 heavy (non-hydrogen) atoms. The zero-order valence-corrected chi connectivity index (χ0v) is 14.1. The summed E-state index contributed by atoms with van der Waals surface area (Å²) in [5.41, 5.74) is 4.20. The Morgan fingerprint density at radius 2 is 1.72 bits per heavy atom. The van der Waals surface area contributed by atoms with Gasteiger partial charge in [0.25, 0.3) is 0 Å². The molecule has 6 heteroatoms. The summed E-state index contributed by atoms with van der Waals surface area (Å²) in [7, 11) is 0. The van der Waals surface area contributed by atoms with Gasteiger partial charge in [0.1, 0.15) is 11.5 Å². The van der Waals surface area contributed by atoms with E-state index in [9.17, 15) is 9.59 Å². The molecule has 1 amide bonds. The smallest absolute Gasteiger partial charge is 0.394 e. The van der Waals surface area contributed by atoms with Crippen LogP contribution in [0.3, 0.4) is 0 Å². The number of benzene rings is 2. The van der Waals surface area contributed by atoms with Crippen LogP contribution in [0.5, 0.6) is 11.5 Å². The predicted octanol–water partition coefficient (Wildman–Crippen LogP) is 3.91. The van der Waals surface area contributed by atoms with Crippen LogP contribution in [0.1, 0.15) is 16.7 Å². The minimum Gasteiger partial charge on any atom is -0.474 e. The third-order valence-electron chi connectivity index (χ3n) is 3.99. The van der Waals surface area contributed by atoms with Crippen LogP contribution in [0.15, 0.2) is 36.5 Å². The molecule has 0 saturated heterocycles. The number of H-pyrrole nitrogens is 1. The monoisotopic (exact) mass is 338 g/mol. The molecule has 0 unspecified atom stereocenters. The van der Waals surface area contributed by atoms with Crippen LogP contribution in [-0.2, 0) is 9.59 Å². The van der Waals surface area contributed by atoms with Gasteiger partial charge in [-0.05, 0) is 67.8 Å². The van der Waals surface area contributed by atoms with E-state index in [0.717, 1.165) is 27.6 Å². The fourth-order valence-corrected chi connectivity index (χ4v) is 2.79. The van der Waals surface area contributed by atoms with Crippen molar-refractivity contribution in [1.82, 2.24) is 4.98 Å². The second kappa shape index (κ2) is 6.32. The van der Waals surface area contributed by atoms with E-state index in [2.05, 4.69) is 10.3 Å². The molecule has 0 aliphatic heterocycles. The standard InChI is InChI=1S/C19H18N2O4/c1-10-6-13(21-18(22)19(23)24)7-11(2)17(10)25-14-4-5-16-15(8-14)12(3)9-20-16/h4-9,20H,1-3H3,(H,21,22)(H,23,24). The Morgan fingerprint density at radius 1 is 1.04 bits per heavy atom. The first-order valence-electron chi connectivity index (χ1n) is 7.76. The molecule has 2 aromatic carbocycles. The number of rotatable bonds is 3. The fraction of sp³-hybridized carbons (Fsp3) is 0.158. The highest BCUT2D eigenvalue weighted by Gasteiger charge is 2.14. The van der Waals surface area contributed by atoms with E-state index in [4.69, 9.17) is 9.84 Å². The summed E-state index contributed by atoms with van der Waals surface area (Å²) in [6.07, 6.45) is 1.95. The van der Waals surface area contributed by atoms with Crippen molar-refractivity contribution in [2.45, 2.75) is 20.8 Å². The number of aliphatic carboxylic acids is 1. The Balaban J connectivity index is 1.90. The van der Waals surface area contributed by atoms with Crippen molar-refractivity contribution in [2.24, 2.45) is 0 Å². The molecular weight excluding hydrogens is 320 g/mol. The molecule has 0 fully saturated rings. The van der Waals surface area contributed by atoms with Gasteiger partial charge in [-0.1, -0.05) is 0 Å². The first-order chi connectivity index (χ1) is 11.8. The second-order valence-corrected chi connectivity index (χ2v) is 5.98. The minimum atomic E-state index is -1.52. The summed E-state index contributed by atoms with van der Waals surface area (Å²) in [5, 5.41) is 12.1. The van der Waals surface area contributed by atoms with Crippen LogP contribution in [0.2, 0.25) is 0 Å². The summed E-state index contributed by atoms with van der Waals surface area (Å²) in [6.45, 7) is 5.72. The van der Waals surface area contributed by atoms with Crippen LogP contribution in [0.4, 0.5) is 5.69 Å². The van der Waals surface area contributed by atoms with E-state index >= 15 is 0 Å². The number of hydrogen-bond donors (Lipinski definition) is 3. The van der Waals surface area contributed by atoms with Gasteiger partial charge in [0.2, 0.25) is 0 Å². The van der Waals surface area contributed by atoms with Crippen molar-refractivity contribution in [3.8, 4) is 11.5 Å². The SMILES string of the molecule is Cc1cc(NC(=O)C(=O)O)cc(C)c1Oc1ccc2[nH]cc(C)c2c1. The maximum atomic E-state index is 11.3. The number of nitrogens with one attached hydrogen (secondary N) is 2. The zero-order valence-electron chi connectivity index (χ0n) is 14.1. The first kappa shape index (κ1) is 16.6. The number of carboxylic acid groups (broad SMARTS) is 1. The number of fused-ring (bicyclic) bond motifs is 1. The van der Waals surface area contributed by atoms with Crippen molar-refractivity contribution in [3.63, 3.8) is 0 Å². The van der Waals surface area contributed by atoms with Gasteiger partial charge in [-0.3, -0.25) is 4.79 Å². The lowest BCUT2D eigenvalue weighted by molar-refractivity contribution is -0.147. The van der Waals surface area contributed by atoms with Crippen LogP contribution >= 0.6 is 0 Å². The van der Waals surface area contributed by atoms with Crippen LogP contribution in [-0.4, -0.2) is 22.0 Å². The number of aromatic amines is 1. The van der Waals surface area contributed by atoms with Crippen molar-refractivity contribution >= 4 is 28.5 Å². The summed E-state index contributed by atoms with van der Waals surface area (Å²) < 4.78 is 6.04. The van der Waals surface area contributed by atoms with Crippen molar-refractivity contribution < 1.29 is 19.4 Å². The van der Waals surface area contributed by atoms with E-state index in [0.29, 0.717) is 17.2 Å². The molecule has 0 spiro atoms. The molecule has 0 aliphatic rings. The largest absolute Gasteiger partial charge is 0.474 e. The van der Waals surface area contributed by atoms with Crippen molar-refractivity contribution in [1.29, 1.82) is 0 Å². The van der Waals surface area contributed by atoms with Crippen molar-refractivity contribution in [3.05, 3.63) is 53.2 Å². The summed E-state index contributed by atoms with van der Waals surface area (Å²) in [6, 6.07) is 9.19. The van der Waals surface area contributed by atoms with Gasteiger partial charge in [-0.25, -0.2) is 4.79 Å². The highest BCUT2D eigenvalue weighted by Crippen LogP contribution is 2.33. The Bertz CT molecular complexity index is 965. The number of aromatic nitrogens is 1. The minimum absolute atomic E-state index is 0.423. The quantitative estimate of drug-likeness (QED) is 0.631. The normalized spacial score (nSPS) is 10.7. The maximum absolute atomic E-state index is 11.3. The van der Waals surface area contributed by atoms with E-state index < -0.39 is 11.9 Å². The topological polar surface area (TPSA) is 91.4 Å². The zero-order chi connectivity index (χ0) is 18.1. The summed E-state index contributed by atoms with van der Waals surface area (Å²) in [5.74, 6) is -1.20. The molecule has 3 rings (SSSR count). The van der Waals surface area contributed by atoms with Gasteiger partial charge >= 0.3 is 11.9 Å². The third kappa shape index (κ3) is 3.33. The van der Waals surface area contributed by atoms with Crippen LogP contribution < -0.4 is 10.1 Å². The van der Waals surface area contributed by atoms with E-state index in [1.807, 2.05) is 45.2 Å². The molecule has 0 saturated carbocycles. The number of hydrogen-bond acceptors (Lipinski definition) is 3. The van der Waals surface area contributed by atoms with Gasteiger partial charge in [-0.2, -0.15) is 0 Å². The van der Waals surface area contributed by atoms with E-state index in [1.54, 1.807) is 12.1 Å². The number of carboxylic acids is 1. The fourth-order valence-electron chi connectivity index (χ4n) is 2.79. The Kier molecular flexibility index (Phi) is 4.19. The van der Waals surface area contributed by atoms with E-state index in [1.165, 1.54) is 0 Å². The van der Waals surface area contributed by atoms with E-state index in [-0.39, 0.29) is 0 Å². The van der Waals surface area contributed by atoms with Gasteiger partial charge < -0.3 is 20.1 Å². The third-order valence-corrected chi connectivity index (χ3v) is 3.99. The molecule has 0 radical (unpaired) electrons. The Hall–Kier alpha value is -3.28. The lowest BCUT2D eigenvalue weighted by atomic mass is 10.1. The molecule has 3 N–H and O–H groups in total. The number of amides is 1. The Morgan fingerprint density at radius 3 is 2.36 bits per heavy atom. The summed E-state index contributed by atoms with van der Waals surface area (Å²) in [4.78, 5) is 25.1.